The zero-order valence-electron chi connectivity index (χ0n) is 29.6. The van der Waals surface area contributed by atoms with E-state index in [0.29, 0.717) is 0 Å². The first kappa shape index (κ1) is 31.6. The maximum absolute atomic E-state index is 6.74. The van der Waals surface area contributed by atoms with E-state index in [4.69, 9.17) is 4.42 Å². The van der Waals surface area contributed by atoms with Crippen molar-refractivity contribution in [3.63, 3.8) is 0 Å². The molecule has 254 valence electrons. The topological polar surface area (TPSA) is 16.4 Å². The molecular weight excluding hydrogens is 655 g/mol. The highest BCUT2D eigenvalue weighted by Gasteiger charge is 2.21. The molecule has 0 amide bonds. The number of hydrogen-bond acceptors (Lipinski definition) is 2. The van der Waals surface area contributed by atoms with E-state index in [0.717, 1.165) is 50.1 Å². The highest BCUT2D eigenvalue weighted by atomic mass is 16.3. The largest absolute Gasteiger partial charge is 0.455 e. The molecule has 1 heterocycles. The molecule has 1 aromatic heterocycles. The minimum Gasteiger partial charge on any atom is -0.455 e. The minimum absolute atomic E-state index is 0.893. The highest BCUT2D eigenvalue weighted by molar-refractivity contribution is 6.21. The lowest BCUT2D eigenvalue weighted by molar-refractivity contribution is 0.670. The van der Waals surface area contributed by atoms with E-state index in [1.54, 1.807) is 0 Å². The van der Waals surface area contributed by atoms with Gasteiger partial charge in [-0.2, -0.15) is 0 Å². The molecule has 0 spiro atoms. The summed E-state index contributed by atoms with van der Waals surface area (Å²) < 4.78 is 6.74. The van der Waals surface area contributed by atoms with Crippen LogP contribution in [0, 0.1) is 0 Å². The Kier molecular flexibility index (Phi) is 7.85. The number of benzene rings is 9. The average molecular weight is 690 g/mol. The summed E-state index contributed by atoms with van der Waals surface area (Å²) in [4.78, 5) is 2.36. The van der Waals surface area contributed by atoms with E-state index >= 15 is 0 Å². The molecule has 0 saturated carbocycles. The van der Waals surface area contributed by atoms with Crippen LogP contribution in [0.3, 0.4) is 0 Å². The lowest BCUT2D eigenvalue weighted by Gasteiger charge is -2.28. The summed E-state index contributed by atoms with van der Waals surface area (Å²) in [5, 5.41) is 4.69. The SMILES string of the molecule is c1ccc(-c2ccc(-c3ccc(N(c4ccc(-c5ccccc5)cc4)c4ccccc4-c4cccc5c4oc4ccc6ccccc6c45)cc3)cc2)cc1. The van der Waals surface area contributed by atoms with E-state index in [9.17, 15) is 0 Å². The van der Waals surface area contributed by atoms with Crippen molar-refractivity contribution in [2.45, 2.75) is 0 Å². The monoisotopic (exact) mass is 689 g/mol. The van der Waals surface area contributed by atoms with Crippen molar-refractivity contribution in [2.75, 3.05) is 4.90 Å². The summed E-state index contributed by atoms with van der Waals surface area (Å²) in [5.74, 6) is 0. The van der Waals surface area contributed by atoms with Gasteiger partial charge < -0.3 is 9.32 Å². The number of fused-ring (bicyclic) bond motifs is 5. The standard InChI is InChI=1S/C52H35NO/c1-3-12-36(13-4-1)38-22-24-39(25-23-38)41-28-33-44(34-29-41)53(43-31-26-40(27-32-43)37-14-5-2-6-15-37)49-21-10-9-18-46(49)47-19-11-20-48-51-45-17-8-7-16-42(45)30-35-50(51)54-52(47)48/h1-35H. The van der Waals surface area contributed by atoms with Crippen LogP contribution in [0.5, 0.6) is 0 Å². The average Bonchev–Trinajstić information content (AvgIpc) is 3.65. The molecule has 0 fully saturated rings. The molecule has 0 N–H and O–H groups in total. The molecule has 2 heteroatoms. The summed E-state index contributed by atoms with van der Waals surface area (Å²) >= 11 is 0. The van der Waals surface area contributed by atoms with Crippen LogP contribution in [-0.4, -0.2) is 0 Å². The van der Waals surface area contributed by atoms with Gasteiger partial charge in [0.2, 0.25) is 0 Å². The molecule has 2 nitrogen and oxygen atoms in total. The Morgan fingerprint density at radius 3 is 1.39 bits per heavy atom. The molecular formula is C52H35NO. The lowest BCUT2D eigenvalue weighted by Crippen LogP contribution is -2.11. The Balaban J connectivity index is 1.10. The number of anilines is 3. The molecule has 0 saturated heterocycles. The third-order valence-electron chi connectivity index (χ3n) is 10.5. The Morgan fingerprint density at radius 1 is 0.315 bits per heavy atom. The van der Waals surface area contributed by atoms with Gasteiger partial charge >= 0.3 is 0 Å². The van der Waals surface area contributed by atoms with E-state index < -0.39 is 0 Å². The van der Waals surface area contributed by atoms with Crippen LogP contribution in [-0.2, 0) is 0 Å². The molecule has 9 aromatic carbocycles. The van der Waals surface area contributed by atoms with Crippen LogP contribution >= 0.6 is 0 Å². The first-order valence-electron chi connectivity index (χ1n) is 18.4. The number of hydrogen-bond donors (Lipinski definition) is 0. The van der Waals surface area contributed by atoms with Gasteiger partial charge in [0, 0.05) is 33.3 Å². The molecule has 0 aliphatic carbocycles. The maximum atomic E-state index is 6.74. The molecule has 0 bridgehead atoms. The molecule has 0 atom stereocenters. The Hall–Kier alpha value is -7.16. The fourth-order valence-corrected chi connectivity index (χ4v) is 7.83. The van der Waals surface area contributed by atoms with Crippen molar-refractivity contribution >= 4 is 49.8 Å². The summed E-state index contributed by atoms with van der Waals surface area (Å²) in [6.07, 6.45) is 0. The van der Waals surface area contributed by atoms with E-state index in [1.807, 2.05) is 0 Å². The fourth-order valence-electron chi connectivity index (χ4n) is 7.83. The second kappa shape index (κ2) is 13.4. The molecule has 0 radical (unpaired) electrons. The van der Waals surface area contributed by atoms with Gasteiger partial charge in [-0.3, -0.25) is 0 Å². The van der Waals surface area contributed by atoms with Crippen LogP contribution in [0.4, 0.5) is 17.1 Å². The summed E-state index contributed by atoms with van der Waals surface area (Å²) in [7, 11) is 0. The lowest BCUT2D eigenvalue weighted by atomic mass is 9.97. The minimum atomic E-state index is 0.893. The number of para-hydroxylation sites is 2. The predicted octanol–water partition coefficient (Wildman–Crippen LogP) is 14.9. The van der Waals surface area contributed by atoms with Gasteiger partial charge in [0.05, 0.1) is 5.69 Å². The predicted molar refractivity (Wildman–Crippen MR) is 228 cm³/mol. The van der Waals surface area contributed by atoms with Crippen molar-refractivity contribution in [1.29, 1.82) is 0 Å². The fraction of sp³-hybridized carbons (Fsp3) is 0. The quantitative estimate of drug-likeness (QED) is 0.166. The Labute approximate surface area is 314 Å². The summed E-state index contributed by atoms with van der Waals surface area (Å²) in [6, 6.07) is 75.7. The molecule has 0 aliphatic heterocycles. The van der Waals surface area contributed by atoms with Gasteiger partial charge in [0.15, 0.2) is 0 Å². The molecule has 0 unspecified atom stereocenters. The van der Waals surface area contributed by atoms with Crippen LogP contribution in [0.15, 0.2) is 217 Å². The molecule has 54 heavy (non-hydrogen) atoms. The van der Waals surface area contributed by atoms with E-state index in [1.165, 1.54) is 44.2 Å². The Morgan fingerprint density at radius 2 is 0.778 bits per heavy atom. The van der Waals surface area contributed by atoms with Gasteiger partial charge in [-0.05, 0) is 80.6 Å². The number of nitrogens with zero attached hydrogens (tertiary/aromatic N) is 1. The van der Waals surface area contributed by atoms with Gasteiger partial charge in [-0.15, -0.1) is 0 Å². The van der Waals surface area contributed by atoms with Crippen LogP contribution in [0.2, 0.25) is 0 Å². The van der Waals surface area contributed by atoms with E-state index in [-0.39, 0.29) is 0 Å². The molecule has 10 rings (SSSR count). The van der Waals surface area contributed by atoms with Gasteiger partial charge in [-0.1, -0.05) is 176 Å². The highest BCUT2D eigenvalue weighted by Crippen LogP contribution is 2.45. The second-order valence-electron chi connectivity index (χ2n) is 13.7. The van der Waals surface area contributed by atoms with Crippen molar-refractivity contribution < 1.29 is 4.42 Å². The Bertz CT molecular complexity index is 2890. The van der Waals surface area contributed by atoms with Crippen molar-refractivity contribution in [1.82, 2.24) is 0 Å². The zero-order chi connectivity index (χ0) is 35.8. The van der Waals surface area contributed by atoms with Crippen molar-refractivity contribution in [3.8, 4) is 44.5 Å². The number of rotatable bonds is 7. The third-order valence-corrected chi connectivity index (χ3v) is 10.5. The first-order valence-corrected chi connectivity index (χ1v) is 18.4. The molecule has 0 aliphatic rings. The maximum Gasteiger partial charge on any atom is 0.143 e. The smallest absolute Gasteiger partial charge is 0.143 e. The van der Waals surface area contributed by atoms with Crippen molar-refractivity contribution in [3.05, 3.63) is 212 Å². The van der Waals surface area contributed by atoms with Gasteiger partial charge in [0.25, 0.3) is 0 Å². The van der Waals surface area contributed by atoms with Gasteiger partial charge in [-0.25, -0.2) is 0 Å². The van der Waals surface area contributed by atoms with Crippen LogP contribution in [0.25, 0.3) is 77.2 Å². The second-order valence-corrected chi connectivity index (χ2v) is 13.7. The van der Waals surface area contributed by atoms with Gasteiger partial charge in [0.1, 0.15) is 11.2 Å². The summed E-state index contributed by atoms with van der Waals surface area (Å²) in [5.41, 5.74) is 14.3. The zero-order valence-corrected chi connectivity index (χ0v) is 29.6. The number of furan rings is 1. The normalized spacial score (nSPS) is 11.3. The first-order chi connectivity index (χ1) is 26.8. The van der Waals surface area contributed by atoms with Crippen molar-refractivity contribution in [2.24, 2.45) is 0 Å². The summed E-state index contributed by atoms with van der Waals surface area (Å²) in [6.45, 7) is 0. The third kappa shape index (κ3) is 5.62. The molecule has 10 aromatic rings. The van der Waals surface area contributed by atoms with Crippen LogP contribution in [0.1, 0.15) is 0 Å². The van der Waals surface area contributed by atoms with Crippen LogP contribution < -0.4 is 4.90 Å². The van der Waals surface area contributed by atoms with E-state index in [2.05, 4.69) is 217 Å².